The van der Waals surface area contributed by atoms with Gasteiger partial charge in [-0.05, 0) is 25.2 Å². The molecule has 0 radical (unpaired) electrons. The fraction of sp³-hybridized carbons (Fsp3) is 0.833. The normalized spacial score (nSPS) is 13.4. The summed E-state index contributed by atoms with van der Waals surface area (Å²) in [7, 11) is 0. The molecule has 28 heavy (non-hydrogen) atoms. The summed E-state index contributed by atoms with van der Waals surface area (Å²) in [4.78, 5) is 47.7. The molecule has 0 saturated heterocycles. The van der Waals surface area contributed by atoms with Gasteiger partial charge >= 0.3 is 0 Å². The van der Waals surface area contributed by atoms with Crippen LogP contribution in [0.15, 0.2) is 0 Å². The molecule has 0 aromatic rings. The molecule has 0 aromatic carbocycles. The zero-order chi connectivity index (χ0) is 21.5. The van der Waals surface area contributed by atoms with Crippen molar-refractivity contribution in [2.24, 2.45) is 17.8 Å². The molecule has 4 nitrogen and oxygen atoms in total. The van der Waals surface area contributed by atoms with Crippen LogP contribution in [0.5, 0.6) is 0 Å². The van der Waals surface area contributed by atoms with Gasteiger partial charge in [-0.25, -0.2) is 0 Å². The third-order valence-electron chi connectivity index (χ3n) is 5.47. The first-order valence-electron chi connectivity index (χ1n) is 11.3. The van der Waals surface area contributed by atoms with Crippen LogP contribution in [0.4, 0.5) is 0 Å². The molecule has 0 amide bonds. The minimum absolute atomic E-state index is 0.00386. The highest BCUT2D eigenvalue weighted by molar-refractivity contribution is 6.00. The highest BCUT2D eigenvalue weighted by Crippen LogP contribution is 2.20. The van der Waals surface area contributed by atoms with E-state index in [0.29, 0.717) is 18.8 Å². The van der Waals surface area contributed by atoms with E-state index >= 15 is 0 Å². The summed E-state index contributed by atoms with van der Waals surface area (Å²) in [5, 5.41) is 0. The van der Waals surface area contributed by atoms with Crippen molar-refractivity contribution < 1.29 is 19.2 Å². The predicted octanol–water partition coefficient (Wildman–Crippen LogP) is 5.89. The van der Waals surface area contributed by atoms with Gasteiger partial charge in [0.15, 0.2) is 0 Å². The molecule has 0 N–H and O–H groups in total. The van der Waals surface area contributed by atoms with E-state index in [1.54, 1.807) is 0 Å². The van der Waals surface area contributed by atoms with Crippen molar-refractivity contribution >= 4 is 23.1 Å². The summed E-state index contributed by atoms with van der Waals surface area (Å²) in [5.74, 6) is 0.496. The maximum atomic E-state index is 12.3. The highest BCUT2D eigenvalue weighted by atomic mass is 16.2. The number of hydrogen-bond acceptors (Lipinski definition) is 4. The predicted molar refractivity (Wildman–Crippen MR) is 114 cm³/mol. The Balaban J connectivity index is 3.98. The first-order valence-corrected chi connectivity index (χ1v) is 11.3. The lowest BCUT2D eigenvalue weighted by molar-refractivity contribution is -0.131. The number of rotatable bonds is 18. The Morgan fingerprint density at radius 2 is 1.36 bits per heavy atom. The van der Waals surface area contributed by atoms with Gasteiger partial charge in [0.1, 0.15) is 23.1 Å². The van der Waals surface area contributed by atoms with Crippen LogP contribution in [0.1, 0.15) is 112 Å². The Hall–Kier alpha value is -1.32. The maximum absolute atomic E-state index is 12.3. The van der Waals surface area contributed by atoms with Gasteiger partial charge in [-0.1, -0.05) is 66.7 Å². The second-order valence-corrected chi connectivity index (χ2v) is 8.67. The summed E-state index contributed by atoms with van der Waals surface area (Å²) in [6.45, 7) is 9.80. The lowest BCUT2D eigenvalue weighted by Gasteiger charge is -2.14. The van der Waals surface area contributed by atoms with E-state index in [0.717, 1.165) is 51.4 Å². The Kier molecular flexibility index (Phi) is 14.9. The van der Waals surface area contributed by atoms with Gasteiger partial charge in [0, 0.05) is 24.7 Å². The number of unbranched alkanes of at least 4 members (excludes halogenated alkanes) is 3. The molecule has 4 heteroatoms. The van der Waals surface area contributed by atoms with Gasteiger partial charge in [-0.3, -0.25) is 19.2 Å². The van der Waals surface area contributed by atoms with Crippen LogP contribution in [0, 0.1) is 17.8 Å². The van der Waals surface area contributed by atoms with Crippen molar-refractivity contribution in [2.75, 3.05) is 0 Å². The molecular weight excluding hydrogens is 352 g/mol. The molecule has 0 spiro atoms. The molecule has 0 aliphatic rings. The SMILES string of the molecule is CCCCC(=O)CC(=O)CC(C)CCCCCC(CC)C(=O)CC(=O)C(C)C. The van der Waals surface area contributed by atoms with Gasteiger partial charge in [0.2, 0.25) is 0 Å². The van der Waals surface area contributed by atoms with Crippen molar-refractivity contribution in [2.45, 2.75) is 112 Å². The van der Waals surface area contributed by atoms with Crippen molar-refractivity contribution in [3.63, 3.8) is 0 Å². The summed E-state index contributed by atoms with van der Waals surface area (Å²) < 4.78 is 0. The molecule has 162 valence electrons. The van der Waals surface area contributed by atoms with Crippen LogP contribution in [0.3, 0.4) is 0 Å². The number of hydrogen-bond donors (Lipinski definition) is 0. The fourth-order valence-electron chi connectivity index (χ4n) is 3.42. The van der Waals surface area contributed by atoms with E-state index in [4.69, 9.17) is 0 Å². The van der Waals surface area contributed by atoms with Gasteiger partial charge in [-0.15, -0.1) is 0 Å². The second kappa shape index (κ2) is 15.6. The van der Waals surface area contributed by atoms with Crippen LogP contribution in [0.2, 0.25) is 0 Å². The fourth-order valence-corrected chi connectivity index (χ4v) is 3.42. The van der Waals surface area contributed by atoms with Gasteiger partial charge in [0.05, 0.1) is 12.8 Å². The van der Waals surface area contributed by atoms with Crippen LogP contribution in [-0.4, -0.2) is 23.1 Å². The first-order chi connectivity index (χ1) is 13.2. The van der Waals surface area contributed by atoms with E-state index in [-0.39, 0.29) is 47.8 Å². The molecule has 2 atom stereocenters. The average molecular weight is 395 g/mol. The molecule has 2 unspecified atom stereocenters. The lowest BCUT2D eigenvalue weighted by Crippen LogP contribution is -2.20. The molecule has 0 saturated carbocycles. The molecule has 0 aliphatic carbocycles. The van der Waals surface area contributed by atoms with E-state index in [1.165, 1.54) is 0 Å². The van der Waals surface area contributed by atoms with Crippen LogP contribution in [-0.2, 0) is 19.2 Å². The second-order valence-electron chi connectivity index (χ2n) is 8.67. The monoisotopic (exact) mass is 394 g/mol. The van der Waals surface area contributed by atoms with Crippen molar-refractivity contribution in [3.05, 3.63) is 0 Å². The minimum Gasteiger partial charge on any atom is -0.299 e. The van der Waals surface area contributed by atoms with Crippen molar-refractivity contribution in [3.8, 4) is 0 Å². The molecule has 0 aromatic heterocycles. The molecule has 0 rings (SSSR count). The van der Waals surface area contributed by atoms with E-state index in [1.807, 2.05) is 27.7 Å². The van der Waals surface area contributed by atoms with Gasteiger partial charge in [0.25, 0.3) is 0 Å². The first kappa shape index (κ1) is 26.7. The van der Waals surface area contributed by atoms with Gasteiger partial charge < -0.3 is 0 Å². The summed E-state index contributed by atoms with van der Waals surface area (Å²) in [6.07, 6.45) is 8.71. The maximum Gasteiger partial charge on any atom is 0.143 e. The van der Waals surface area contributed by atoms with E-state index < -0.39 is 0 Å². The topological polar surface area (TPSA) is 68.3 Å². The smallest absolute Gasteiger partial charge is 0.143 e. The van der Waals surface area contributed by atoms with Gasteiger partial charge in [-0.2, -0.15) is 0 Å². The zero-order valence-corrected chi connectivity index (χ0v) is 18.9. The molecular formula is C24H42O4. The Morgan fingerprint density at radius 1 is 0.714 bits per heavy atom. The molecule has 0 bridgehead atoms. The van der Waals surface area contributed by atoms with E-state index in [2.05, 4.69) is 6.92 Å². The Bertz CT molecular complexity index is 493. The highest BCUT2D eigenvalue weighted by Gasteiger charge is 2.20. The van der Waals surface area contributed by atoms with Crippen LogP contribution in [0.25, 0.3) is 0 Å². The third kappa shape index (κ3) is 13.0. The zero-order valence-electron chi connectivity index (χ0n) is 18.9. The number of ketones is 4. The van der Waals surface area contributed by atoms with Crippen LogP contribution >= 0.6 is 0 Å². The standard InChI is InChI=1S/C24H42O4/c1-6-8-14-21(25)16-22(26)15-19(5)12-10-9-11-13-20(7-2)24(28)17-23(27)18(3)4/h18-20H,6-17H2,1-5H3. The van der Waals surface area contributed by atoms with Crippen molar-refractivity contribution in [1.82, 2.24) is 0 Å². The number of carbonyl (C=O) groups is 4. The third-order valence-corrected chi connectivity index (χ3v) is 5.47. The number of carbonyl (C=O) groups excluding carboxylic acids is 4. The quantitative estimate of drug-likeness (QED) is 0.215. The average Bonchev–Trinajstić information content (AvgIpc) is 2.62. The summed E-state index contributed by atoms with van der Waals surface area (Å²) in [6, 6.07) is 0. The Labute approximate surface area is 172 Å². The number of Topliss-reactive ketones (excluding diaryl/α,β-unsaturated/α-hetero) is 4. The largest absolute Gasteiger partial charge is 0.299 e. The van der Waals surface area contributed by atoms with Crippen LogP contribution < -0.4 is 0 Å². The summed E-state index contributed by atoms with van der Waals surface area (Å²) >= 11 is 0. The van der Waals surface area contributed by atoms with E-state index in [9.17, 15) is 19.2 Å². The lowest BCUT2D eigenvalue weighted by atomic mass is 9.89. The molecule has 0 heterocycles. The van der Waals surface area contributed by atoms with Crippen molar-refractivity contribution in [1.29, 1.82) is 0 Å². The minimum atomic E-state index is -0.0763. The Morgan fingerprint density at radius 3 is 1.93 bits per heavy atom. The summed E-state index contributed by atoms with van der Waals surface area (Å²) in [5.41, 5.74) is 0. The molecule has 0 fully saturated rings. The molecule has 0 aliphatic heterocycles.